The van der Waals surface area contributed by atoms with E-state index in [-0.39, 0.29) is 11.8 Å². The summed E-state index contributed by atoms with van der Waals surface area (Å²) < 4.78 is 226. The van der Waals surface area contributed by atoms with Crippen LogP contribution in [0.4, 0.5) is 74.6 Å². The number of rotatable bonds is 9. The quantitative estimate of drug-likeness (QED) is 0.223. The van der Waals surface area contributed by atoms with Crippen LogP contribution in [0.15, 0.2) is 23.2 Å². The first kappa shape index (κ1) is 34.5. The molecule has 0 amide bonds. The molecule has 0 atom stereocenters. The van der Waals surface area contributed by atoms with Crippen LogP contribution in [0.3, 0.4) is 0 Å². The predicted molar refractivity (Wildman–Crippen MR) is 100.0 cm³/mol. The van der Waals surface area contributed by atoms with E-state index >= 15 is 0 Å². The molecule has 0 spiro atoms. The van der Waals surface area contributed by atoms with Crippen molar-refractivity contribution in [2.24, 2.45) is 4.99 Å². The molecule has 1 rings (SSSR count). The van der Waals surface area contributed by atoms with Gasteiger partial charge in [0.05, 0.1) is 0 Å². The smallest absolute Gasteiger partial charge is 0.460 e. The lowest BCUT2D eigenvalue weighted by molar-refractivity contribution is -0.461. The number of nitrogens with zero attached hydrogens (tertiary/aromatic N) is 1. The van der Waals surface area contributed by atoms with Crippen molar-refractivity contribution in [3.05, 3.63) is 29.3 Å². The van der Waals surface area contributed by atoms with Gasteiger partial charge < -0.3 is 5.11 Å². The molecule has 0 fully saturated rings. The predicted octanol–water partition coefficient (Wildman–Crippen LogP) is 8.12. The van der Waals surface area contributed by atoms with Crippen molar-refractivity contribution in [2.75, 3.05) is 6.54 Å². The largest absolute Gasteiger partial charge is 0.507 e. The van der Waals surface area contributed by atoms with Gasteiger partial charge in [0, 0.05) is 11.8 Å². The Balaban J connectivity index is 3.50. The Labute approximate surface area is 207 Å². The van der Waals surface area contributed by atoms with E-state index in [0.717, 1.165) is 6.07 Å². The number of aliphatic imine (C=N–C) groups is 1. The van der Waals surface area contributed by atoms with E-state index in [4.69, 9.17) is 0 Å². The van der Waals surface area contributed by atoms with Crippen molar-refractivity contribution < 1.29 is 79.7 Å². The number of hydrogen-bond acceptors (Lipinski definition) is 2. The average molecular weight is 609 g/mol. The molecule has 19 heteroatoms. The van der Waals surface area contributed by atoms with E-state index in [9.17, 15) is 79.7 Å². The lowest BCUT2D eigenvalue weighted by atomic mass is 9.85. The fourth-order valence-electron chi connectivity index (χ4n) is 2.83. The molecule has 1 aromatic carbocycles. The number of phenolic OH excluding ortho intramolecular Hbond substituents is 1. The highest BCUT2D eigenvalue weighted by molar-refractivity contribution is 5.84. The Hall–Kier alpha value is -2.50. The lowest BCUT2D eigenvalue weighted by Gasteiger charge is -2.42. The standard InChI is InChI=1S/C20H16F17NO/c1-12(2,3)10-6-4-5-9(11(10)39)7-38-8-13(21,22)14(23,24)15(25,26)16(27,28)17(29,30)18(31,32)19(33,34)20(35,36)37/h4-7,39H,8H2,1-3H3. The van der Waals surface area contributed by atoms with Gasteiger partial charge in [0.15, 0.2) is 0 Å². The maximum Gasteiger partial charge on any atom is 0.460 e. The van der Waals surface area contributed by atoms with Gasteiger partial charge in [0.25, 0.3) is 0 Å². The monoisotopic (exact) mass is 609 g/mol. The third kappa shape index (κ3) is 5.20. The zero-order chi connectivity index (χ0) is 31.5. The summed E-state index contributed by atoms with van der Waals surface area (Å²) in [5.74, 6) is -57.6. The van der Waals surface area contributed by atoms with Crippen LogP contribution in [0.2, 0.25) is 0 Å². The molecule has 0 aliphatic heterocycles. The topological polar surface area (TPSA) is 32.6 Å². The van der Waals surface area contributed by atoms with Crippen LogP contribution in [0, 0.1) is 0 Å². The number of alkyl halides is 17. The van der Waals surface area contributed by atoms with Crippen molar-refractivity contribution in [3.8, 4) is 5.75 Å². The van der Waals surface area contributed by atoms with Crippen molar-refractivity contribution in [3.63, 3.8) is 0 Å². The third-order valence-corrected chi connectivity index (χ3v) is 5.18. The molecule has 0 aliphatic carbocycles. The number of benzene rings is 1. The Kier molecular flexibility index (Phi) is 8.46. The van der Waals surface area contributed by atoms with E-state index < -0.39 is 70.9 Å². The Morgan fingerprint density at radius 2 is 1.00 bits per heavy atom. The highest BCUT2D eigenvalue weighted by Gasteiger charge is 2.95. The van der Waals surface area contributed by atoms with Gasteiger partial charge in [-0.05, 0) is 17.0 Å². The zero-order valence-corrected chi connectivity index (χ0v) is 19.3. The molecule has 226 valence electrons. The molecule has 1 aromatic rings. The second kappa shape index (κ2) is 9.55. The number of halogens is 17. The van der Waals surface area contributed by atoms with Gasteiger partial charge in [0.1, 0.15) is 12.3 Å². The zero-order valence-electron chi connectivity index (χ0n) is 19.3. The van der Waals surface area contributed by atoms with Crippen LogP contribution >= 0.6 is 0 Å². The molecule has 1 N–H and O–H groups in total. The van der Waals surface area contributed by atoms with Crippen LogP contribution in [-0.2, 0) is 5.41 Å². The lowest BCUT2D eigenvalue weighted by Crippen LogP contribution is -2.74. The molecule has 0 radical (unpaired) electrons. The normalized spacial score (nSPS) is 15.8. The number of aromatic hydroxyl groups is 1. The molecule has 0 aromatic heterocycles. The third-order valence-electron chi connectivity index (χ3n) is 5.18. The van der Waals surface area contributed by atoms with Crippen LogP contribution in [-0.4, -0.2) is 65.5 Å². The Bertz CT molecular complexity index is 1070. The van der Waals surface area contributed by atoms with Crippen LogP contribution in [0.1, 0.15) is 31.9 Å². The fraction of sp³-hybridized carbons (Fsp3) is 0.650. The summed E-state index contributed by atoms with van der Waals surface area (Å²) >= 11 is 0. The molecule has 0 unspecified atom stereocenters. The van der Waals surface area contributed by atoms with E-state index in [1.54, 1.807) is 0 Å². The highest BCUT2D eigenvalue weighted by atomic mass is 19.4. The van der Waals surface area contributed by atoms with Gasteiger partial charge in [-0.1, -0.05) is 32.9 Å². The van der Waals surface area contributed by atoms with Gasteiger partial charge in [-0.15, -0.1) is 0 Å². The summed E-state index contributed by atoms with van der Waals surface area (Å²) in [6.07, 6.45) is -7.67. The SMILES string of the molecule is CC(C)(C)c1cccc(C=NCC(F)(F)C(F)(F)C(F)(F)C(F)(F)C(F)(F)C(F)(F)C(F)(F)C(F)(F)F)c1O. The van der Waals surface area contributed by atoms with Crippen molar-refractivity contribution >= 4 is 6.21 Å². The molecule has 0 heterocycles. The maximum atomic E-state index is 13.9. The molecule has 39 heavy (non-hydrogen) atoms. The molecular weight excluding hydrogens is 593 g/mol. The van der Waals surface area contributed by atoms with Gasteiger partial charge in [-0.3, -0.25) is 4.99 Å². The highest BCUT2D eigenvalue weighted by Crippen LogP contribution is 2.63. The van der Waals surface area contributed by atoms with Gasteiger partial charge in [-0.2, -0.15) is 74.6 Å². The molecule has 2 nitrogen and oxygen atoms in total. The molecular formula is C20H16F17NO. The summed E-state index contributed by atoms with van der Waals surface area (Å²) in [7, 11) is 0. The van der Waals surface area contributed by atoms with Crippen LogP contribution < -0.4 is 0 Å². The molecule has 0 saturated carbocycles. The molecule has 0 saturated heterocycles. The second-order valence-corrected chi connectivity index (χ2v) is 9.11. The van der Waals surface area contributed by atoms with Gasteiger partial charge in [-0.25, -0.2) is 0 Å². The van der Waals surface area contributed by atoms with E-state index in [2.05, 4.69) is 4.99 Å². The van der Waals surface area contributed by atoms with E-state index in [0.29, 0.717) is 0 Å². The van der Waals surface area contributed by atoms with Crippen molar-refractivity contribution in [1.82, 2.24) is 0 Å². The van der Waals surface area contributed by atoms with E-state index in [1.807, 2.05) is 0 Å². The molecule has 0 bridgehead atoms. The maximum absolute atomic E-state index is 13.9. The van der Waals surface area contributed by atoms with Crippen molar-refractivity contribution in [1.29, 1.82) is 0 Å². The number of para-hydroxylation sites is 1. The molecule has 0 aliphatic rings. The summed E-state index contributed by atoms with van der Waals surface area (Å²) in [5.41, 5.74) is -1.25. The minimum absolute atomic E-state index is 0.105. The van der Waals surface area contributed by atoms with Crippen LogP contribution in [0.25, 0.3) is 0 Å². The number of hydrogen-bond donors (Lipinski definition) is 1. The van der Waals surface area contributed by atoms with Crippen LogP contribution in [0.5, 0.6) is 5.75 Å². The first-order valence-electron chi connectivity index (χ1n) is 9.90. The summed E-state index contributed by atoms with van der Waals surface area (Å²) in [6, 6.07) is 3.38. The Morgan fingerprint density at radius 1 is 0.615 bits per heavy atom. The van der Waals surface area contributed by atoms with Gasteiger partial charge in [0.2, 0.25) is 0 Å². The summed E-state index contributed by atoms with van der Waals surface area (Å²) in [4.78, 5) is 2.54. The van der Waals surface area contributed by atoms with Gasteiger partial charge >= 0.3 is 47.6 Å². The van der Waals surface area contributed by atoms with Crippen molar-refractivity contribution in [2.45, 2.75) is 73.8 Å². The Morgan fingerprint density at radius 3 is 1.38 bits per heavy atom. The summed E-state index contributed by atoms with van der Waals surface area (Å²) in [5, 5.41) is 10.1. The second-order valence-electron chi connectivity index (χ2n) is 9.11. The average Bonchev–Trinajstić information content (AvgIpc) is 2.72. The minimum atomic E-state index is -8.68. The number of phenols is 1. The fourth-order valence-corrected chi connectivity index (χ4v) is 2.83. The minimum Gasteiger partial charge on any atom is -0.507 e. The first-order valence-corrected chi connectivity index (χ1v) is 9.90. The first-order chi connectivity index (χ1) is 16.9. The van der Waals surface area contributed by atoms with E-state index in [1.165, 1.54) is 32.9 Å². The summed E-state index contributed by atoms with van der Waals surface area (Å²) in [6.45, 7) is 1.63.